The highest BCUT2D eigenvalue weighted by Crippen LogP contribution is 2.37. The third-order valence-electron chi connectivity index (χ3n) is 3.82. The first-order valence-electron chi connectivity index (χ1n) is 6.81. The highest BCUT2D eigenvalue weighted by molar-refractivity contribution is 6.11. The summed E-state index contributed by atoms with van der Waals surface area (Å²) in [6, 6.07) is 23.0. The molecule has 0 aliphatic carbocycles. The molecule has 0 aliphatic rings. The van der Waals surface area contributed by atoms with Crippen molar-refractivity contribution in [1.29, 1.82) is 0 Å². The van der Waals surface area contributed by atoms with Gasteiger partial charge in [0.15, 0.2) is 0 Å². The summed E-state index contributed by atoms with van der Waals surface area (Å²) < 4.78 is 6.12. The van der Waals surface area contributed by atoms with E-state index in [1.54, 1.807) is 0 Å². The largest absolute Gasteiger partial charge is 0.455 e. The van der Waals surface area contributed by atoms with Gasteiger partial charge in [0.1, 0.15) is 11.2 Å². The van der Waals surface area contributed by atoms with E-state index >= 15 is 0 Å². The molecule has 0 unspecified atom stereocenters. The molecule has 0 saturated carbocycles. The molecule has 0 fully saturated rings. The summed E-state index contributed by atoms with van der Waals surface area (Å²) >= 11 is 0. The molecule has 0 saturated heterocycles. The Hall–Kier alpha value is -2.54. The van der Waals surface area contributed by atoms with Crippen LogP contribution in [0.25, 0.3) is 33.1 Å². The van der Waals surface area contributed by atoms with E-state index in [1.165, 1.54) is 21.9 Å². The SMILES string of the molecule is Cc1ccc(-c2ccccc2)c2oc3ccccc3c12. The summed E-state index contributed by atoms with van der Waals surface area (Å²) in [7, 11) is 0. The summed E-state index contributed by atoms with van der Waals surface area (Å²) in [4.78, 5) is 0. The van der Waals surface area contributed by atoms with Gasteiger partial charge in [0.25, 0.3) is 0 Å². The number of furan rings is 1. The average Bonchev–Trinajstić information content (AvgIpc) is 2.88. The molecule has 1 heterocycles. The van der Waals surface area contributed by atoms with E-state index in [0.29, 0.717) is 0 Å². The molecule has 4 aromatic rings. The van der Waals surface area contributed by atoms with Crippen LogP contribution >= 0.6 is 0 Å². The Morgan fingerprint density at radius 1 is 0.750 bits per heavy atom. The first-order valence-corrected chi connectivity index (χ1v) is 6.81. The Labute approximate surface area is 117 Å². The molecule has 96 valence electrons. The van der Waals surface area contributed by atoms with E-state index < -0.39 is 0 Å². The van der Waals surface area contributed by atoms with Crippen LogP contribution in [0.15, 0.2) is 71.1 Å². The zero-order chi connectivity index (χ0) is 13.5. The fraction of sp³-hybridized carbons (Fsp3) is 0.0526. The van der Waals surface area contributed by atoms with Crippen molar-refractivity contribution >= 4 is 21.9 Å². The third kappa shape index (κ3) is 1.56. The van der Waals surface area contributed by atoms with Crippen LogP contribution in [0.1, 0.15) is 5.56 Å². The molecule has 0 amide bonds. The lowest BCUT2D eigenvalue weighted by Gasteiger charge is -2.04. The number of para-hydroxylation sites is 1. The summed E-state index contributed by atoms with van der Waals surface area (Å²) in [5, 5.41) is 2.42. The molecule has 0 spiro atoms. The maximum absolute atomic E-state index is 6.12. The van der Waals surface area contributed by atoms with Gasteiger partial charge in [-0.1, -0.05) is 60.7 Å². The maximum atomic E-state index is 6.12. The molecule has 0 N–H and O–H groups in total. The van der Waals surface area contributed by atoms with Crippen LogP contribution in [0, 0.1) is 6.92 Å². The Morgan fingerprint density at radius 3 is 2.35 bits per heavy atom. The third-order valence-corrected chi connectivity index (χ3v) is 3.82. The fourth-order valence-electron chi connectivity index (χ4n) is 2.84. The van der Waals surface area contributed by atoms with E-state index in [0.717, 1.165) is 16.7 Å². The van der Waals surface area contributed by atoms with Crippen molar-refractivity contribution in [2.75, 3.05) is 0 Å². The Balaban J connectivity index is 2.16. The molecule has 0 bridgehead atoms. The fourth-order valence-corrected chi connectivity index (χ4v) is 2.84. The van der Waals surface area contributed by atoms with Gasteiger partial charge in [-0.15, -0.1) is 0 Å². The van der Waals surface area contributed by atoms with Crippen LogP contribution in [0.5, 0.6) is 0 Å². The Morgan fingerprint density at radius 2 is 1.50 bits per heavy atom. The van der Waals surface area contributed by atoms with Gasteiger partial charge in [-0.25, -0.2) is 0 Å². The van der Waals surface area contributed by atoms with Crippen molar-refractivity contribution in [3.63, 3.8) is 0 Å². The monoisotopic (exact) mass is 258 g/mol. The molecular formula is C19H14O. The first kappa shape index (κ1) is 11.3. The van der Waals surface area contributed by atoms with Crippen LogP contribution in [-0.2, 0) is 0 Å². The number of fused-ring (bicyclic) bond motifs is 3. The number of rotatable bonds is 1. The van der Waals surface area contributed by atoms with Gasteiger partial charge in [0.05, 0.1) is 0 Å². The van der Waals surface area contributed by atoms with E-state index in [9.17, 15) is 0 Å². The Kier molecular flexibility index (Phi) is 2.40. The second-order valence-corrected chi connectivity index (χ2v) is 5.10. The van der Waals surface area contributed by atoms with Gasteiger partial charge in [-0.3, -0.25) is 0 Å². The minimum atomic E-state index is 0.953. The molecule has 1 nitrogen and oxygen atoms in total. The molecule has 0 aliphatic heterocycles. The molecular weight excluding hydrogens is 244 g/mol. The van der Waals surface area contributed by atoms with Crippen molar-refractivity contribution in [2.45, 2.75) is 6.92 Å². The van der Waals surface area contributed by atoms with Gasteiger partial charge >= 0.3 is 0 Å². The van der Waals surface area contributed by atoms with Gasteiger partial charge in [0, 0.05) is 16.3 Å². The van der Waals surface area contributed by atoms with Crippen molar-refractivity contribution < 1.29 is 4.42 Å². The minimum absolute atomic E-state index is 0.953. The van der Waals surface area contributed by atoms with Gasteiger partial charge in [-0.2, -0.15) is 0 Å². The lowest BCUT2D eigenvalue weighted by molar-refractivity contribution is 0.670. The van der Waals surface area contributed by atoms with Crippen LogP contribution < -0.4 is 0 Å². The first-order chi connectivity index (χ1) is 9.84. The average molecular weight is 258 g/mol. The van der Waals surface area contributed by atoms with Crippen LogP contribution in [0.2, 0.25) is 0 Å². The normalized spacial score (nSPS) is 11.2. The van der Waals surface area contributed by atoms with Crippen LogP contribution in [0.4, 0.5) is 0 Å². The number of hydrogen-bond donors (Lipinski definition) is 0. The van der Waals surface area contributed by atoms with Gasteiger partial charge < -0.3 is 4.42 Å². The summed E-state index contributed by atoms with van der Waals surface area (Å²) in [6.45, 7) is 2.14. The summed E-state index contributed by atoms with van der Waals surface area (Å²) in [5.41, 5.74) is 5.54. The van der Waals surface area contributed by atoms with Crippen molar-refractivity contribution in [1.82, 2.24) is 0 Å². The quantitative estimate of drug-likeness (QED) is 0.435. The van der Waals surface area contributed by atoms with Gasteiger partial charge in [-0.05, 0) is 24.1 Å². The number of hydrogen-bond acceptors (Lipinski definition) is 1. The Bertz CT molecular complexity index is 901. The molecule has 3 aromatic carbocycles. The second-order valence-electron chi connectivity index (χ2n) is 5.10. The predicted octanol–water partition coefficient (Wildman–Crippen LogP) is 5.56. The van der Waals surface area contributed by atoms with Crippen molar-refractivity contribution in [3.05, 3.63) is 72.3 Å². The smallest absolute Gasteiger partial charge is 0.143 e. The lowest BCUT2D eigenvalue weighted by atomic mass is 9.99. The van der Waals surface area contributed by atoms with E-state index in [-0.39, 0.29) is 0 Å². The highest BCUT2D eigenvalue weighted by Gasteiger charge is 2.13. The molecule has 1 aromatic heterocycles. The zero-order valence-corrected chi connectivity index (χ0v) is 11.3. The van der Waals surface area contributed by atoms with Gasteiger partial charge in [0.2, 0.25) is 0 Å². The highest BCUT2D eigenvalue weighted by atomic mass is 16.3. The topological polar surface area (TPSA) is 13.1 Å². The number of benzene rings is 3. The summed E-state index contributed by atoms with van der Waals surface area (Å²) in [5.74, 6) is 0. The standard InChI is InChI=1S/C19H14O/c1-13-11-12-15(14-7-3-2-4-8-14)19-18(13)16-9-5-6-10-17(16)20-19/h2-12H,1H3. The second kappa shape index (κ2) is 4.24. The van der Waals surface area contributed by atoms with Crippen LogP contribution in [-0.4, -0.2) is 0 Å². The number of aryl methyl sites for hydroxylation is 1. The lowest BCUT2D eigenvalue weighted by Crippen LogP contribution is -1.81. The van der Waals surface area contributed by atoms with E-state index in [1.807, 2.05) is 18.2 Å². The molecule has 20 heavy (non-hydrogen) atoms. The molecule has 0 atom stereocenters. The zero-order valence-electron chi connectivity index (χ0n) is 11.3. The predicted molar refractivity (Wildman–Crippen MR) is 83.9 cm³/mol. The van der Waals surface area contributed by atoms with Crippen molar-refractivity contribution in [2.24, 2.45) is 0 Å². The molecule has 1 heteroatoms. The molecule has 0 radical (unpaired) electrons. The van der Waals surface area contributed by atoms with E-state index in [4.69, 9.17) is 4.42 Å². The minimum Gasteiger partial charge on any atom is -0.455 e. The van der Waals surface area contributed by atoms with Crippen LogP contribution in [0.3, 0.4) is 0 Å². The van der Waals surface area contributed by atoms with E-state index in [2.05, 4.69) is 55.5 Å². The summed E-state index contributed by atoms with van der Waals surface area (Å²) in [6.07, 6.45) is 0. The molecule has 4 rings (SSSR count). The maximum Gasteiger partial charge on any atom is 0.143 e. The van der Waals surface area contributed by atoms with Crippen molar-refractivity contribution in [3.8, 4) is 11.1 Å².